The Hall–Kier alpha value is -3.37. The van der Waals surface area contributed by atoms with Crippen molar-refractivity contribution in [3.05, 3.63) is 53.6 Å². The highest BCUT2D eigenvalue weighted by molar-refractivity contribution is 6.07. The minimum atomic E-state index is -1.11. The van der Waals surface area contributed by atoms with Gasteiger partial charge in [-0.15, -0.1) is 0 Å². The number of hydrogen-bond donors (Lipinski definition) is 1. The molecule has 7 nitrogen and oxygen atoms in total. The molecule has 170 valence electrons. The van der Waals surface area contributed by atoms with E-state index in [1.807, 2.05) is 36.4 Å². The molecule has 3 unspecified atom stereocenters. The summed E-state index contributed by atoms with van der Waals surface area (Å²) in [6.45, 7) is 4.86. The van der Waals surface area contributed by atoms with Gasteiger partial charge in [-0.25, -0.2) is 4.99 Å². The van der Waals surface area contributed by atoms with Gasteiger partial charge in [0.2, 0.25) is 0 Å². The lowest BCUT2D eigenvalue weighted by atomic mass is 9.74. The molecule has 7 heteroatoms. The number of hydrogen-bond acceptors (Lipinski definition) is 6. The highest BCUT2D eigenvalue weighted by Crippen LogP contribution is 2.49. The zero-order chi connectivity index (χ0) is 23.4. The third kappa shape index (κ3) is 3.55. The molecule has 0 aromatic heterocycles. The average molecular weight is 445 g/mol. The normalized spacial score (nSPS) is 28.1. The number of nitrogens with two attached hydrogens (primary N) is 1. The Kier molecular flexibility index (Phi) is 4.95. The Morgan fingerprint density at radius 3 is 2.67 bits per heavy atom. The number of likely N-dealkylation sites (N-methyl/N-ethyl adjacent to an activating group) is 1. The van der Waals surface area contributed by atoms with E-state index in [-0.39, 0.29) is 29.5 Å². The van der Waals surface area contributed by atoms with E-state index in [0.717, 1.165) is 29.5 Å². The van der Waals surface area contributed by atoms with Gasteiger partial charge in [-0.05, 0) is 62.1 Å². The standard InChI is InChI=1S/C26H28N4O3/c1-25(2)13-19(9-10-32-25)22-14-26(23(31)30(3)24(28)29-26)20-12-18(7-8-21(20)33-22)17-6-4-5-16(11-17)15-27/h4-8,11-12,19,22H,9-10,13-14H2,1-3H3,(H2,28,29). The van der Waals surface area contributed by atoms with Crippen LogP contribution in [0.1, 0.15) is 44.2 Å². The van der Waals surface area contributed by atoms with Crippen LogP contribution < -0.4 is 10.5 Å². The van der Waals surface area contributed by atoms with Crippen LogP contribution in [0.2, 0.25) is 0 Å². The largest absolute Gasteiger partial charge is 0.490 e. The van der Waals surface area contributed by atoms with Crippen molar-refractivity contribution in [3.8, 4) is 22.9 Å². The quantitative estimate of drug-likeness (QED) is 0.763. The molecule has 0 saturated carbocycles. The second kappa shape index (κ2) is 7.60. The second-order valence-corrected chi connectivity index (χ2v) is 9.82. The van der Waals surface area contributed by atoms with E-state index in [9.17, 15) is 10.1 Å². The molecule has 1 saturated heterocycles. The van der Waals surface area contributed by atoms with Crippen molar-refractivity contribution in [2.75, 3.05) is 13.7 Å². The van der Waals surface area contributed by atoms with Crippen LogP contribution in [0, 0.1) is 17.2 Å². The first-order chi connectivity index (χ1) is 15.7. The number of benzene rings is 2. The van der Waals surface area contributed by atoms with Gasteiger partial charge in [0.15, 0.2) is 11.5 Å². The monoisotopic (exact) mass is 444 g/mol. The summed E-state index contributed by atoms with van der Waals surface area (Å²) in [4.78, 5) is 19.7. The number of aliphatic imine (C=N–C) groups is 1. The zero-order valence-electron chi connectivity index (χ0n) is 19.2. The predicted octanol–water partition coefficient (Wildman–Crippen LogP) is 3.56. The Morgan fingerprint density at radius 1 is 1.18 bits per heavy atom. The van der Waals surface area contributed by atoms with Gasteiger partial charge in [0, 0.05) is 31.6 Å². The summed E-state index contributed by atoms with van der Waals surface area (Å²) in [5, 5.41) is 9.29. The van der Waals surface area contributed by atoms with Crippen LogP contribution in [0.4, 0.5) is 0 Å². The van der Waals surface area contributed by atoms with Crippen molar-refractivity contribution < 1.29 is 14.3 Å². The molecule has 2 aromatic carbocycles. The number of rotatable bonds is 2. The van der Waals surface area contributed by atoms with Crippen LogP contribution in [0.5, 0.6) is 5.75 Å². The number of carbonyl (C=O) groups excluding carboxylic acids is 1. The number of carbonyl (C=O) groups is 1. The van der Waals surface area contributed by atoms with Gasteiger partial charge in [0.25, 0.3) is 5.91 Å². The van der Waals surface area contributed by atoms with E-state index in [0.29, 0.717) is 24.3 Å². The molecule has 0 aliphatic carbocycles. The number of nitrogens with zero attached hydrogens (tertiary/aromatic N) is 3. The molecule has 3 aliphatic rings. The van der Waals surface area contributed by atoms with E-state index in [1.165, 1.54) is 4.90 Å². The summed E-state index contributed by atoms with van der Waals surface area (Å²) in [5.41, 5.74) is 7.91. The smallest absolute Gasteiger partial charge is 0.261 e. The minimum Gasteiger partial charge on any atom is -0.490 e. The molecule has 1 spiro atoms. The summed E-state index contributed by atoms with van der Waals surface area (Å²) in [6, 6.07) is 15.4. The van der Waals surface area contributed by atoms with Crippen molar-refractivity contribution in [1.29, 1.82) is 5.26 Å². The molecule has 2 N–H and O–H groups in total. The maximum absolute atomic E-state index is 13.6. The van der Waals surface area contributed by atoms with E-state index in [1.54, 1.807) is 13.1 Å². The molecule has 5 rings (SSSR count). The van der Waals surface area contributed by atoms with E-state index >= 15 is 0 Å². The van der Waals surface area contributed by atoms with Crippen LogP contribution in [0.25, 0.3) is 11.1 Å². The Balaban J connectivity index is 1.60. The van der Waals surface area contributed by atoms with Crippen molar-refractivity contribution in [3.63, 3.8) is 0 Å². The molecule has 1 amide bonds. The number of nitriles is 1. The van der Waals surface area contributed by atoms with Crippen LogP contribution in [0.3, 0.4) is 0 Å². The maximum atomic E-state index is 13.6. The van der Waals surface area contributed by atoms with E-state index in [2.05, 4.69) is 19.9 Å². The van der Waals surface area contributed by atoms with E-state index < -0.39 is 5.54 Å². The second-order valence-electron chi connectivity index (χ2n) is 9.82. The summed E-state index contributed by atoms with van der Waals surface area (Å²) in [7, 11) is 1.66. The molecule has 3 atom stereocenters. The number of amides is 1. The Bertz CT molecular complexity index is 1200. The molecule has 0 radical (unpaired) electrons. The van der Waals surface area contributed by atoms with Gasteiger partial charge >= 0.3 is 0 Å². The molecule has 0 bridgehead atoms. The summed E-state index contributed by atoms with van der Waals surface area (Å²) >= 11 is 0. The Labute approximate surface area is 193 Å². The molecule has 3 aliphatic heterocycles. The molecular formula is C26H28N4O3. The van der Waals surface area contributed by atoms with Gasteiger partial charge < -0.3 is 15.2 Å². The SMILES string of the molecule is CN1C(=O)C2(CC(C3CCOC(C)(C)C3)Oc3ccc(-c4cccc(C#N)c4)cc32)N=C1N. The third-order valence-electron chi connectivity index (χ3n) is 7.09. The molecular weight excluding hydrogens is 416 g/mol. The molecule has 2 aromatic rings. The van der Waals surface area contributed by atoms with Crippen LogP contribution in [0.15, 0.2) is 47.5 Å². The highest BCUT2D eigenvalue weighted by atomic mass is 16.5. The van der Waals surface area contributed by atoms with Crippen molar-refractivity contribution in [2.24, 2.45) is 16.6 Å². The summed E-state index contributed by atoms with van der Waals surface area (Å²) in [6.07, 6.45) is 2.00. The van der Waals surface area contributed by atoms with Gasteiger partial charge in [0.1, 0.15) is 11.9 Å². The number of ether oxygens (including phenoxy) is 2. The lowest BCUT2D eigenvalue weighted by molar-refractivity contribution is -0.134. The minimum absolute atomic E-state index is 0.135. The number of guanidine groups is 1. The topological polar surface area (TPSA) is 101 Å². The fourth-order valence-corrected chi connectivity index (χ4v) is 5.38. The predicted molar refractivity (Wildman–Crippen MR) is 124 cm³/mol. The van der Waals surface area contributed by atoms with Crippen LogP contribution in [-0.4, -0.2) is 42.1 Å². The van der Waals surface area contributed by atoms with Gasteiger partial charge in [-0.3, -0.25) is 9.69 Å². The van der Waals surface area contributed by atoms with E-state index in [4.69, 9.17) is 20.2 Å². The van der Waals surface area contributed by atoms with Crippen molar-refractivity contribution >= 4 is 11.9 Å². The van der Waals surface area contributed by atoms with Gasteiger partial charge in [-0.2, -0.15) is 5.26 Å². The number of fused-ring (bicyclic) bond motifs is 2. The van der Waals surface area contributed by atoms with Gasteiger partial charge in [-0.1, -0.05) is 18.2 Å². The van der Waals surface area contributed by atoms with Crippen LogP contribution >= 0.6 is 0 Å². The summed E-state index contributed by atoms with van der Waals surface area (Å²) < 4.78 is 12.4. The third-order valence-corrected chi connectivity index (χ3v) is 7.09. The zero-order valence-corrected chi connectivity index (χ0v) is 19.2. The fourth-order valence-electron chi connectivity index (χ4n) is 5.38. The molecule has 33 heavy (non-hydrogen) atoms. The van der Waals surface area contributed by atoms with Gasteiger partial charge in [0.05, 0.1) is 17.2 Å². The van der Waals surface area contributed by atoms with Crippen LogP contribution in [-0.2, 0) is 15.1 Å². The lowest BCUT2D eigenvalue weighted by Crippen LogP contribution is -2.49. The summed E-state index contributed by atoms with van der Waals surface area (Å²) in [5.74, 6) is 0.997. The first-order valence-electron chi connectivity index (χ1n) is 11.3. The molecule has 1 fully saturated rings. The van der Waals surface area contributed by atoms with Crippen molar-refractivity contribution in [1.82, 2.24) is 4.90 Å². The molecule has 3 heterocycles. The van der Waals surface area contributed by atoms with Crippen molar-refractivity contribution in [2.45, 2.75) is 50.4 Å². The lowest BCUT2D eigenvalue weighted by Gasteiger charge is -2.44. The highest BCUT2D eigenvalue weighted by Gasteiger charge is 2.55. The maximum Gasteiger partial charge on any atom is 0.261 e. The first kappa shape index (κ1) is 21.5. The average Bonchev–Trinajstić information content (AvgIpc) is 3.02. The first-order valence-corrected chi connectivity index (χ1v) is 11.3. The fraction of sp³-hybridized carbons (Fsp3) is 0.423. The Morgan fingerprint density at radius 2 is 1.97 bits per heavy atom.